The molecule has 0 spiro atoms. The van der Waals surface area contributed by atoms with E-state index < -0.39 is 16.0 Å². The molecule has 0 aliphatic heterocycles. The predicted octanol–water partition coefficient (Wildman–Crippen LogP) is 3.21. The maximum absolute atomic E-state index is 12.3. The van der Waals surface area contributed by atoms with Crippen LogP contribution in [0.2, 0.25) is 5.02 Å². The molecule has 0 aromatic heterocycles. The first-order chi connectivity index (χ1) is 9.79. The Balaban J connectivity index is 2.95. The first-order valence-corrected chi connectivity index (χ1v) is 8.68. The molecule has 0 aliphatic rings. The van der Waals surface area contributed by atoms with Crippen LogP contribution in [0.1, 0.15) is 48.5 Å². The zero-order valence-corrected chi connectivity index (χ0v) is 13.7. The van der Waals surface area contributed by atoms with E-state index in [2.05, 4.69) is 11.6 Å². The Labute approximate surface area is 130 Å². The lowest BCUT2D eigenvalue weighted by Gasteiger charge is -2.12. The highest BCUT2D eigenvalue weighted by molar-refractivity contribution is 7.89. The van der Waals surface area contributed by atoms with Crippen molar-refractivity contribution >= 4 is 27.6 Å². The Morgan fingerprint density at radius 1 is 1.29 bits per heavy atom. The monoisotopic (exact) mass is 333 g/mol. The Hall–Kier alpha value is -1.11. The van der Waals surface area contributed by atoms with E-state index in [1.54, 1.807) is 0 Å². The molecule has 0 aliphatic carbocycles. The molecule has 1 aromatic rings. The second-order valence-electron chi connectivity index (χ2n) is 4.84. The number of hydrogen-bond donors (Lipinski definition) is 2. The van der Waals surface area contributed by atoms with Gasteiger partial charge in [0.1, 0.15) is 0 Å². The van der Waals surface area contributed by atoms with Gasteiger partial charge in [-0.3, -0.25) is 0 Å². The summed E-state index contributed by atoms with van der Waals surface area (Å²) in [5.74, 6) is -1.20. The molecule has 0 fully saturated rings. The SMILES string of the molecule is CCCCCCNS(=O)(=O)c1cc(Cl)cc(C(=O)O)c1C. The minimum atomic E-state index is -3.75. The summed E-state index contributed by atoms with van der Waals surface area (Å²) in [6.45, 7) is 3.87. The molecule has 0 unspecified atom stereocenters. The predicted molar refractivity (Wildman–Crippen MR) is 82.5 cm³/mol. The van der Waals surface area contributed by atoms with Crippen LogP contribution >= 0.6 is 11.6 Å². The summed E-state index contributed by atoms with van der Waals surface area (Å²) in [6, 6.07) is 2.52. The van der Waals surface area contributed by atoms with E-state index in [4.69, 9.17) is 16.7 Å². The second kappa shape index (κ2) is 7.77. The van der Waals surface area contributed by atoms with Crippen molar-refractivity contribution in [2.45, 2.75) is 44.4 Å². The fraction of sp³-hybridized carbons (Fsp3) is 0.500. The summed E-state index contributed by atoms with van der Waals surface area (Å²) in [6.07, 6.45) is 3.83. The molecule has 0 atom stereocenters. The van der Waals surface area contributed by atoms with E-state index in [9.17, 15) is 13.2 Å². The molecule has 2 N–H and O–H groups in total. The number of sulfonamides is 1. The van der Waals surface area contributed by atoms with E-state index in [0.29, 0.717) is 6.54 Å². The summed E-state index contributed by atoms with van der Waals surface area (Å²) < 4.78 is 27.0. The summed E-state index contributed by atoms with van der Waals surface area (Å²) in [5.41, 5.74) is 0.0850. The third-order valence-electron chi connectivity index (χ3n) is 3.17. The number of hydrogen-bond acceptors (Lipinski definition) is 3. The van der Waals surface area contributed by atoms with E-state index in [1.807, 2.05) is 0 Å². The fourth-order valence-electron chi connectivity index (χ4n) is 1.99. The number of carboxylic acids is 1. The molecular formula is C14H20ClNO4S. The van der Waals surface area contributed by atoms with Crippen LogP contribution in [0.3, 0.4) is 0 Å². The summed E-state index contributed by atoms with van der Waals surface area (Å²) >= 11 is 5.82. The van der Waals surface area contributed by atoms with Crippen molar-refractivity contribution in [2.24, 2.45) is 0 Å². The third-order valence-corrected chi connectivity index (χ3v) is 4.97. The van der Waals surface area contributed by atoms with Crippen molar-refractivity contribution in [3.8, 4) is 0 Å². The first-order valence-electron chi connectivity index (χ1n) is 6.82. The van der Waals surface area contributed by atoms with Crippen molar-refractivity contribution in [3.63, 3.8) is 0 Å². The lowest BCUT2D eigenvalue weighted by atomic mass is 10.1. The van der Waals surface area contributed by atoms with Gasteiger partial charge in [-0.05, 0) is 31.0 Å². The van der Waals surface area contributed by atoms with Crippen LogP contribution in [-0.4, -0.2) is 26.0 Å². The maximum atomic E-state index is 12.3. The zero-order valence-electron chi connectivity index (χ0n) is 12.1. The van der Waals surface area contributed by atoms with E-state index in [-0.39, 0.29) is 21.0 Å². The van der Waals surface area contributed by atoms with Crippen LogP contribution in [-0.2, 0) is 10.0 Å². The average Bonchev–Trinajstić information content (AvgIpc) is 2.40. The van der Waals surface area contributed by atoms with Crippen molar-refractivity contribution < 1.29 is 18.3 Å². The second-order valence-corrected chi connectivity index (χ2v) is 7.01. The van der Waals surface area contributed by atoms with Crippen molar-refractivity contribution in [1.82, 2.24) is 4.72 Å². The van der Waals surface area contributed by atoms with Crippen molar-refractivity contribution in [2.75, 3.05) is 6.54 Å². The smallest absolute Gasteiger partial charge is 0.336 e. The van der Waals surface area contributed by atoms with Gasteiger partial charge in [0.25, 0.3) is 0 Å². The highest BCUT2D eigenvalue weighted by atomic mass is 35.5. The Bertz CT molecular complexity index is 614. The molecule has 0 amide bonds. The van der Waals surface area contributed by atoms with E-state index >= 15 is 0 Å². The molecule has 0 heterocycles. The summed E-state index contributed by atoms with van der Waals surface area (Å²) in [7, 11) is -3.75. The van der Waals surface area contributed by atoms with Gasteiger partial charge in [-0.1, -0.05) is 37.8 Å². The van der Waals surface area contributed by atoms with Gasteiger partial charge in [-0.2, -0.15) is 0 Å². The number of halogens is 1. The molecule has 1 rings (SSSR count). The van der Waals surface area contributed by atoms with Crippen LogP contribution in [0.25, 0.3) is 0 Å². The number of benzene rings is 1. The van der Waals surface area contributed by atoms with Gasteiger partial charge >= 0.3 is 5.97 Å². The fourth-order valence-corrected chi connectivity index (χ4v) is 3.64. The third kappa shape index (κ3) is 4.98. The van der Waals surface area contributed by atoms with Gasteiger partial charge in [-0.15, -0.1) is 0 Å². The van der Waals surface area contributed by atoms with Crippen LogP contribution < -0.4 is 4.72 Å². The zero-order chi connectivity index (χ0) is 16.0. The van der Waals surface area contributed by atoms with Crippen molar-refractivity contribution in [1.29, 1.82) is 0 Å². The molecule has 1 aromatic carbocycles. The number of carbonyl (C=O) groups is 1. The molecule has 7 heteroatoms. The highest BCUT2D eigenvalue weighted by Crippen LogP contribution is 2.24. The van der Waals surface area contributed by atoms with Crippen molar-refractivity contribution in [3.05, 3.63) is 28.3 Å². The topological polar surface area (TPSA) is 83.5 Å². The lowest BCUT2D eigenvalue weighted by Crippen LogP contribution is -2.26. The Morgan fingerprint density at radius 3 is 2.52 bits per heavy atom. The Kier molecular flexibility index (Phi) is 6.64. The van der Waals surface area contributed by atoms with Crippen LogP contribution in [0.5, 0.6) is 0 Å². The number of rotatable bonds is 8. The lowest BCUT2D eigenvalue weighted by molar-refractivity contribution is 0.0696. The maximum Gasteiger partial charge on any atom is 0.336 e. The van der Waals surface area contributed by atoms with Gasteiger partial charge in [0.2, 0.25) is 10.0 Å². The largest absolute Gasteiger partial charge is 0.478 e. The van der Waals surface area contributed by atoms with E-state index in [1.165, 1.54) is 19.1 Å². The molecular weight excluding hydrogens is 314 g/mol. The first kappa shape index (κ1) is 17.9. The van der Waals surface area contributed by atoms with Gasteiger partial charge < -0.3 is 5.11 Å². The number of carboxylic acid groups (broad SMARTS) is 1. The van der Waals surface area contributed by atoms with Gasteiger partial charge in [0, 0.05) is 11.6 Å². The molecule has 0 bridgehead atoms. The number of unbranched alkanes of at least 4 members (excludes halogenated alkanes) is 3. The van der Waals surface area contributed by atoms with Crippen LogP contribution in [0.15, 0.2) is 17.0 Å². The quantitative estimate of drug-likeness (QED) is 0.715. The minimum Gasteiger partial charge on any atom is -0.478 e. The standard InChI is InChI=1S/C14H20ClNO4S/c1-3-4-5-6-7-16-21(19,20)13-9-11(15)8-12(10(13)2)14(17)18/h8-9,16H,3-7H2,1-2H3,(H,17,18). The van der Waals surface area contributed by atoms with Gasteiger partial charge in [0.05, 0.1) is 10.5 Å². The molecule has 118 valence electrons. The Morgan fingerprint density at radius 2 is 1.95 bits per heavy atom. The normalized spacial score (nSPS) is 11.6. The molecule has 0 saturated heterocycles. The van der Waals surface area contributed by atoms with Gasteiger partial charge in [-0.25, -0.2) is 17.9 Å². The molecule has 5 nitrogen and oxygen atoms in total. The summed E-state index contributed by atoms with van der Waals surface area (Å²) in [5, 5.41) is 9.17. The number of aromatic carboxylic acids is 1. The highest BCUT2D eigenvalue weighted by Gasteiger charge is 2.21. The van der Waals surface area contributed by atoms with Crippen LogP contribution in [0.4, 0.5) is 0 Å². The molecule has 0 saturated carbocycles. The van der Waals surface area contributed by atoms with Crippen LogP contribution in [0, 0.1) is 6.92 Å². The van der Waals surface area contributed by atoms with E-state index in [0.717, 1.165) is 25.7 Å². The molecule has 0 radical (unpaired) electrons. The number of nitrogens with one attached hydrogen (secondary N) is 1. The minimum absolute atomic E-state index is 0.0807. The summed E-state index contributed by atoms with van der Waals surface area (Å²) in [4.78, 5) is 11.0. The molecule has 21 heavy (non-hydrogen) atoms. The average molecular weight is 334 g/mol. The van der Waals surface area contributed by atoms with Gasteiger partial charge in [0.15, 0.2) is 0 Å².